The van der Waals surface area contributed by atoms with Crippen LogP contribution in [0.4, 0.5) is 10.5 Å². The maximum Gasteiger partial charge on any atom is 0.341 e. The van der Waals surface area contributed by atoms with E-state index in [4.69, 9.17) is 9.84 Å². The fourth-order valence-electron chi connectivity index (χ4n) is 3.00. The molecule has 2 aromatic rings. The second kappa shape index (κ2) is 7.97. The van der Waals surface area contributed by atoms with Crippen LogP contribution in [0.2, 0.25) is 0 Å². The molecule has 8 heteroatoms. The van der Waals surface area contributed by atoms with Crippen LogP contribution in [0.25, 0.3) is 6.08 Å². The Morgan fingerprint density at radius 3 is 2.41 bits per heavy atom. The van der Waals surface area contributed by atoms with Gasteiger partial charge in [0.25, 0.3) is 11.8 Å². The predicted octanol–water partition coefficient (Wildman–Crippen LogP) is 2.43. The molecule has 4 amide bonds. The number of hydrogen-bond donors (Lipinski definition) is 2. The van der Waals surface area contributed by atoms with Gasteiger partial charge in [-0.2, -0.15) is 0 Å². The second-order valence-electron chi connectivity index (χ2n) is 6.52. The van der Waals surface area contributed by atoms with Gasteiger partial charge in [0, 0.05) is 5.56 Å². The number of anilines is 1. The third-order valence-electron chi connectivity index (χ3n) is 4.14. The van der Waals surface area contributed by atoms with Crippen LogP contribution < -0.4 is 15.0 Å². The summed E-state index contributed by atoms with van der Waals surface area (Å²) in [7, 11) is 0. The van der Waals surface area contributed by atoms with Crippen molar-refractivity contribution in [1.29, 1.82) is 0 Å². The highest BCUT2D eigenvalue weighted by Gasteiger charge is 2.37. The van der Waals surface area contributed by atoms with E-state index in [0.29, 0.717) is 11.3 Å². The number of aliphatic carboxylic acids is 1. The Morgan fingerprint density at radius 2 is 1.76 bits per heavy atom. The van der Waals surface area contributed by atoms with Crippen molar-refractivity contribution in [3.05, 3.63) is 64.7 Å². The molecule has 1 aliphatic heterocycles. The average molecular weight is 394 g/mol. The average Bonchev–Trinajstić information content (AvgIpc) is 2.63. The standard InChI is InChI=1S/C21H18N2O6/c1-12-7-13(2)9-15(8-12)23-20(27)16(19(26)22-21(23)28)10-14-5-3-4-6-17(14)29-11-18(24)25/h3-10H,11H2,1-2H3,(H,24,25)(H,22,26,28)/b16-10+. The van der Waals surface area contributed by atoms with Gasteiger partial charge in [-0.1, -0.05) is 24.3 Å². The van der Waals surface area contributed by atoms with E-state index < -0.39 is 30.4 Å². The van der Waals surface area contributed by atoms with Gasteiger partial charge in [-0.05, 0) is 49.2 Å². The Morgan fingerprint density at radius 1 is 1.10 bits per heavy atom. The molecular formula is C21H18N2O6. The topological polar surface area (TPSA) is 113 Å². The monoisotopic (exact) mass is 394 g/mol. The number of para-hydroxylation sites is 1. The number of ether oxygens (including phenoxy) is 1. The summed E-state index contributed by atoms with van der Waals surface area (Å²) in [4.78, 5) is 49.3. The van der Waals surface area contributed by atoms with Crippen molar-refractivity contribution in [2.75, 3.05) is 11.5 Å². The van der Waals surface area contributed by atoms with Crippen LogP contribution in [-0.4, -0.2) is 35.5 Å². The number of nitrogens with one attached hydrogen (secondary N) is 1. The zero-order valence-electron chi connectivity index (χ0n) is 15.8. The van der Waals surface area contributed by atoms with Crippen molar-refractivity contribution in [2.24, 2.45) is 0 Å². The molecule has 0 radical (unpaired) electrons. The summed E-state index contributed by atoms with van der Waals surface area (Å²) >= 11 is 0. The Hall–Kier alpha value is -3.94. The molecule has 1 fully saturated rings. The predicted molar refractivity (Wildman–Crippen MR) is 104 cm³/mol. The molecule has 0 unspecified atom stereocenters. The van der Waals surface area contributed by atoms with Crippen LogP contribution >= 0.6 is 0 Å². The number of barbiturate groups is 1. The van der Waals surface area contributed by atoms with Crippen molar-refractivity contribution in [2.45, 2.75) is 13.8 Å². The number of urea groups is 1. The number of aryl methyl sites for hydroxylation is 2. The molecule has 2 N–H and O–H groups in total. The quantitative estimate of drug-likeness (QED) is 0.595. The lowest BCUT2D eigenvalue weighted by molar-refractivity contribution is -0.139. The van der Waals surface area contributed by atoms with Gasteiger partial charge in [-0.25, -0.2) is 14.5 Å². The maximum absolute atomic E-state index is 13.0. The fraction of sp³-hybridized carbons (Fsp3) is 0.143. The number of carboxylic acids is 1. The Bertz CT molecular complexity index is 1040. The minimum absolute atomic E-state index is 0.192. The number of carbonyl (C=O) groups is 4. The van der Waals surface area contributed by atoms with E-state index >= 15 is 0 Å². The zero-order valence-corrected chi connectivity index (χ0v) is 15.8. The smallest absolute Gasteiger partial charge is 0.341 e. The minimum atomic E-state index is -1.16. The van der Waals surface area contributed by atoms with Crippen molar-refractivity contribution in [3.8, 4) is 5.75 Å². The van der Waals surface area contributed by atoms with Gasteiger partial charge in [0.15, 0.2) is 6.61 Å². The third-order valence-corrected chi connectivity index (χ3v) is 4.14. The molecule has 3 rings (SSSR count). The van der Waals surface area contributed by atoms with Gasteiger partial charge in [-0.3, -0.25) is 14.9 Å². The van der Waals surface area contributed by atoms with E-state index in [9.17, 15) is 19.2 Å². The van der Waals surface area contributed by atoms with Crippen LogP contribution in [0.1, 0.15) is 16.7 Å². The highest BCUT2D eigenvalue weighted by atomic mass is 16.5. The number of rotatable bonds is 5. The molecule has 0 saturated carbocycles. The molecule has 1 aliphatic rings. The van der Waals surface area contributed by atoms with E-state index in [0.717, 1.165) is 16.0 Å². The first kappa shape index (κ1) is 19.8. The summed E-state index contributed by atoms with van der Waals surface area (Å²) < 4.78 is 5.21. The number of hydrogen-bond acceptors (Lipinski definition) is 5. The SMILES string of the molecule is Cc1cc(C)cc(N2C(=O)NC(=O)/C(=C\c3ccccc3OCC(=O)O)C2=O)c1. The number of imide groups is 2. The summed E-state index contributed by atoms with van der Waals surface area (Å²) in [5.74, 6) is -2.59. The normalized spacial score (nSPS) is 15.4. The van der Waals surface area contributed by atoms with Gasteiger partial charge in [0.05, 0.1) is 5.69 Å². The van der Waals surface area contributed by atoms with Crippen molar-refractivity contribution >= 4 is 35.6 Å². The molecule has 1 heterocycles. The van der Waals surface area contributed by atoms with Crippen LogP contribution in [0.3, 0.4) is 0 Å². The van der Waals surface area contributed by atoms with E-state index in [1.807, 2.05) is 19.9 Å². The summed E-state index contributed by atoms with van der Waals surface area (Å²) in [5, 5.41) is 11.0. The van der Waals surface area contributed by atoms with Gasteiger partial charge in [0.2, 0.25) is 0 Å². The van der Waals surface area contributed by atoms with E-state index in [1.54, 1.807) is 30.3 Å². The molecular weight excluding hydrogens is 376 g/mol. The fourth-order valence-corrected chi connectivity index (χ4v) is 3.00. The molecule has 148 valence electrons. The van der Waals surface area contributed by atoms with Gasteiger partial charge in [-0.15, -0.1) is 0 Å². The first-order valence-electron chi connectivity index (χ1n) is 8.69. The maximum atomic E-state index is 13.0. The minimum Gasteiger partial charge on any atom is -0.481 e. The van der Waals surface area contributed by atoms with Gasteiger partial charge in [0.1, 0.15) is 11.3 Å². The Balaban J connectivity index is 2.01. The molecule has 8 nitrogen and oxygen atoms in total. The number of nitrogens with zero attached hydrogens (tertiary/aromatic N) is 1. The van der Waals surface area contributed by atoms with Gasteiger partial charge < -0.3 is 9.84 Å². The molecule has 1 saturated heterocycles. The molecule has 0 atom stereocenters. The summed E-state index contributed by atoms with van der Waals surface area (Å²) in [6, 6.07) is 10.8. The lowest BCUT2D eigenvalue weighted by Gasteiger charge is -2.27. The lowest BCUT2D eigenvalue weighted by atomic mass is 10.0. The first-order valence-corrected chi connectivity index (χ1v) is 8.69. The Labute approximate surface area is 166 Å². The second-order valence-corrected chi connectivity index (χ2v) is 6.52. The number of amides is 4. The molecule has 0 spiro atoms. The van der Waals surface area contributed by atoms with Crippen LogP contribution in [0.15, 0.2) is 48.0 Å². The third kappa shape index (κ3) is 4.32. The van der Waals surface area contributed by atoms with Crippen LogP contribution in [-0.2, 0) is 14.4 Å². The Kier molecular flexibility index (Phi) is 5.45. The highest BCUT2D eigenvalue weighted by molar-refractivity contribution is 6.39. The highest BCUT2D eigenvalue weighted by Crippen LogP contribution is 2.26. The molecule has 0 bridgehead atoms. The summed E-state index contributed by atoms with van der Waals surface area (Å²) in [6.45, 7) is 3.09. The number of carbonyl (C=O) groups excluding carboxylic acids is 3. The molecule has 29 heavy (non-hydrogen) atoms. The van der Waals surface area contributed by atoms with E-state index in [2.05, 4.69) is 5.32 Å². The largest absolute Gasteiger partial charge is 0.481 e. The first-order chi connectivity index (χ1) is 13.8. The van der Waals surface area contributed by atoms with E-state index in [1.165, 1.54) is 12.1 Å². The van der Waals surface area contributed by atoms with Crippen molar-refractivity contribution < 1.29 is 29.0 Å². The van der Waals surface area contributed by atoms with Crippen molar-refractivity contribution in [3.63, 3.8) is 0 Å². The molecule has 0 aliphatic carbocycles. The summed E-state index contributed by atoms with van der Waals surface area (Å²) in [5.41, 5.74) is 2.13. The zero-order chi connectivity index (χ0) is 21.1. The molecule has 2 aromatic carbocycles. The number of carboxylic acid groups (broad SMARTS) is 1. The lowest BCUT2D eigenvalue weighted by Crippen LogP contribution is -2.54. The van der Waals surface area contributed by atoms with Crippen molar-refractivity contribution in [1.82, 2.24) is 5.32 Å². The van der Waals surface area contributed by atoms with Gasteiger partial charge >= 0.3 is 12.0 Å². The van der Waals surface area contributed by atoms with Crippen LogP contribution in [0, 0.1) is 13.8 Å². The van der Waals surface area contributed by atoms with E-state index in [-0.39, 0.29) is 11.3 Å². The summed E-state index contributed by atoms with van der Waals surface area (Å²) in [6.07, 6.45) is 1.27. The van der Waals surface area contributed by atoms with Crippen LogP contribution in [0.5, 0.6) is 5.75 Å². The molecule has 0 aromatic heterocycles. The number of benzene rings is 2.